The molecular weight excluding hydrogens is 399 g/mol. The maximum Gasteiger partial charge on any atom is 0.191 e. The van der Waals surface area contributed by atoms with Crippen LogP contribution in [0.3, 0.4) is 0 Å². The van der Waals surface area contributed by atoms with Gasteiger partial charge in [-0.05, 0) is 33.0 Å². The van der Waals surface area contributed by atoms with Crippen LogP contribution >= 0.6 is 24.0 Å². The lowest BCUT2D eigenvalue weighted by molar-refractivity contribution is 0.357. The summed E-state index contributed by atoms with van der Waals surface area (Å²) < 4.78 is 0. The summed E-state index contributed by atoms with van der Waals surface area (Å²) in [4.78, 5) is 6.99. The Morgan fingerprint density at radius 1 is 1.17 bits per heavy atom. The fourth-order valence-corrected chi connectivity index (χ4v) is 2.09. The van der Waals surface area contributed by atoms with Gasteiger partial charge in [0.25, 0.3) is 0 Å². The van der Waals surface area contributed by atoms with Crippen LogP contribution in [0.15, 0.2) is 29.3 Å². The molecule has 0 saturated heterocycles. The van der Waals surface area contributed by atoms with Crippen molar-refractivity contribution in [2.75, 3.05) is 39.8 Å². The van der Waals surface area contributed by atoms with E-state index >= 15 is 0 Å². The summed E-state index contributed by atoms with van der Waals surface area (Å²) in [6.45, 7) is 13.3. The van der Waals surface area contributed by atoms with Gasteiger partial charge in [-0.15, -0.1) is 24.0 Å². The fraction of sp³-hybridized carbons (Fsp3) is 0.611. The third-order valence-electron chi connectivity index (χ3n) is 3.84. The quantitative estimate of drug-likeness (QED) is 0.377. The van der Waals surface area contributed by atoms with Crippen LogP contribution in [0.5, 0.6) is 0 Å². The standard InChI is InChI=1S/C18H32N4.HI/c1-6-19-18(20-12-13-22(5)7-2)21-14-16(4)17-10-8-15(3)9-11-17;/h8-11,16H,6-7,12-14H2,1-5H3,(H2,19,20,21);1H. The van der Waals surface area contributed by atoms with E-state index in [-0.39, 0.29) is 24.0 Å². The minimum atomic E-state index is 0. The SMILES string of the molecule is CCNC(=NCC(C)c1ccc(C)cc1)NCCN(C)CC.I. The molecule has 2 N–H and O–H groups in total. The minimum absolute atomic E-state index is 0. The van der Waals surface area contributed by atoms with Gasteiger partial charge in [-0.1, -0.05) is 43.7 Å². The molecular formula is C18H33IN4. The van der Waals surface area contributed by atoms with Crippen LogP contribution in [0.25, 0.3) is 0 Å². The Bertz CT molecular complexity index is 445. The number of nitrogens with zero attached hydrogens (tertiary/aromatic N) is 2. The molecule has 0 saturated carbocycles. The number of likely N-dealkylation sites (N-methyl/N-ethyl adjacent to an activating group) is 1. The zero-order valence-corrected chi connectivity index (χ0v) is 17.6. The number of aliphatic imine (C=N–C) groups is 1. The average molecular weight is 432 g/mol. The summed E-state index contributed by atoms with van der Waals surface area (Å²) in [5.41, 5.74) is 2.64. The van der Waals surface area contributed by atoms with Gasteiger partial charge in [-0.2, -0.15) is 0 Å². The highest BCUT2D eigenvalue weighted by atomic mass is 127. The van der Waals surface area contributed by atoms with Crippen LogP contribution in [-0.2, 0) is 0 Å². The summed E-state index contributed by atoms with van der Waals surface area (Å²) >= 11 is 0. The van der Waals surface area contributed by atoms with E-state index in [0.717, 1.165) is 38.7 Å². The van der Waals surface area contributed by atoms with E-state index in [2.05, 4.69) is 74.5 Å². The normalized spacial score (nSPS) is 12.7. The van der Waals surface area contributed by atoms with Crippen LogP contribution in [0.2, 0.25) is 0 Å². The van der Waals surface area contributed by atoms with E-state index in [1.165, 1.54) is 11.1 Å². The molecule has 0 aliphatic rings. The Labute approximate surface area is 159 Å². The van der Waals surface area contributed by atoms with Gasteiger partial charge in [0.2, 0.25) is 0 Å². The van der Waals surface area contributed by atoms with Gasteiger partial charge in [0, 0.05) is 32.1 Å². The van der Waals surface area contributed by atoms with E-state index in [4.69, 9.17) is 4.99 Å². The molecule has 0 bridgehead atoms. The van der Waals surface area contributed by atoms with Crippen molar-refractivity contribution >= 4 is 29.9 Å². The van der Waals surface area contributed by atoms with Crippen molar-refractivity contribution in [3.8, 4) is 0 Å². The van der Waals surface area contributed by atoms with Gasteiger partial charge in [0.15, 0.2) is 5.96 Å². The zero-order valence-electron chi connectivity index (χ0n) is 15.2. The molecule has 1 rings (SSSR count). The largest absolute Gasteiger partial charge is 0.357 e. The molecule has 0 aliphatic heterocycles. The topological polar surface area (TPSA) is 39.7 Å². The first-order chi connectivity index (χ1) is 10.6. The molecule has 5 heteroatoms. The van der Waals surface area contributed by atoms with E-state index in [9.17, 15) is 0 Å². The monoisotopic (exact) mass is 432 g/mol. The Morgan fingerprint density at radius 2 is 1.83 bits per heavy atom. The lowest BCUT2D eigenvalue weighted by Crippen LogP contribution is -2.41. The van der Waals surface area contributed by atoms with E-state index in [1.54, 1.807) is 0 Å². The van der Waals surface area contributed by atoms with Gasteiger partial charge in [0.05, 0.1) is 0 Å². The lowest BCUT2D eigenvalue weighted by atomic mass is 10.0. The van der Waals surface area contributed by atoms with Gasteiger partial charge in [-0.25, -0.2) is 0 Å². The predicted molar refractivity (Wildman–Crippen MR) is 112 cm³/mol. The predicted octanol–water partition coefficient (Wildman–Crippen LogP) is 3.22. The first-order valence-corrected chi connectivity index (χ1v) is 8.34. The zero-order chi connectivity index (χ0) is 16.4. The van der Waals surface area contributed by atoms with Crippen LogP contribution in [0, 0.1) is 6.92 Å². The van der Waals surface area contributed by atoms with Crippen LogP contribution in [0.1, 0.15) is 37.8 Å². The highest BCUT2D eigenvalue weighted by Gasteiger charge is 2.05. The number of halogens is 1. The third-order valence-corrected chi connectivity index (χ3v) is 3.84. The Kier molecular flexibility index (Phi) is 12.1. The number of benzene rings is 1. The minimum Gasteiger partial charge on any atom is -0.357 e. The highest BCUT2D eigenvalue weighted by Crippen LogP contribution is 2.15. The molecule has 1 aromatic carbocycles. The van der Waals surface area contributed by atoms with Crippen molar-refractivity contribution in [3.63, 3.8) is 0 Å². The second-order valence-electron chi connectivity index (χ2n) is 5.85. The van der Waals surface area contributed by atoms with E-state index in [1.807, 2.05) is 0 Å². The van der Waals surface area contributed by atoms with Crippen molar-refractivity contribution in [2.45, 2.75) is 33.6 Å². The fourth-order valence-electron chi connectivity index (χ4n) is 2.09. The molecule has 0 aromatic heterocycles. The van der Waals surface area contributed by atoms with Crippen molar-refractivity contribution in [2.24, 2.45) is 4.99 Å². The molecule has 0 heterocycles. The lowest BCUT2D eigenvalue weighted by Gasteiger charge is -2.17. The summed E-state index contributed by atoms with van der Waals surface area (Å²) in [7, 11) is 2.13. The Hall–Kier alpha value is -0.820. The van der Waals surface area contributed by atoms with Gasteiger partial charge in [-0.3, -0.25) is 4.99 Å². The molecule has 23 heavy (non-hydrogen) atoms. The first kappa shape index (κ1) is 22.2. The molecule has 1 unspecified atom stereocenters. The summed E-state index contributed by atoms with van der Waals surface area (Å²) in [6.07, 6.45) is 0. The maximum absolute atomic E-state index is 4.71. The van der Waals surface area contributed by atoms with Crippen LogP contribution < -0.4 is 10.6 Å². The van der Waals surface area contributed by atoms with Crippen molar-refractivity contribution in [1.29, 1.82) is 0 Å². The summed E-state index contributed by atoms with van der Waals surface area (Å²) in [6, 6.07) is 8.73. The molecule has 132 valence electrons. The van der Waals surface area contributed by atoms with Gasteiger partial charge < -0.3 is 15.5 Å². The number of aryl methyl sites for hydroxylation is 1. The molecule has 0 aliphatic carbocycles. The first-order valence-electron chi connectivity index (χ1n) is 8.34. The molecule has 1 aromatic rings. The maximum atomic E-state index is 4.71. The second kappa shape index (κ2) is 12.6. The number of guanidine groups is 1. The molecule has 0 spiro atoms. The molecule has 0 amide bonds. The Morgan fingerprint density at radius 3 is 2.39 bits per heavy atom. The van der Waals surface area contributed by atoms with Gasteiger partial charge >= 0.3 is 0 Å². The van der Waals surface area contributed by atoms with Crippen LogP contribution in [-0.4, -0.2) is 50.6 Å². The average Bonchev–Trinajstić information content (AvgIpc) is 2.52. The second-order valence-corrected chi connectivity index (χ2v) is 5.85. The molecule has 0 radical (unpaired) electrons. The van der Waals surface area contributed by atoms with Crippen LogP contribution in [0.4, 0.5) is 0 Å². The number of nitrogens with one attached hydrogen (secondary N) is 2. The molecule has 0 fully saturated rings. The molecule has 4 nitrogen and oxygen atoms in total. The summed E-state index contributed by atoms with van der Waals surface area (Å²) in [5, 5.41) is 6.71. The smallest absolute Gasteiger partial charge is 0.191 e. The van der Waals surface area contributed by atoms with Gasteiger partial charge in [0.1, 0.15) is 0 Å². The third kappa shape index (κ3) is 9.15. The highest BCUT2D eigenvalue weighted by molar-refractivity contribution is 14.0. The number of hydrogen-bond acceptors (Lipinski definition) is 2. The number of rotatable bonds is 8. The van der Waals surface area contributed by atoms with Crippen molar-refractivity contribution in [1.82, 2.24) is 15.5 Å². The summed E-state index contributed by atoms with van der Waals surface area (Å²) in [5.74, 6) is 1.33. The Balaban J connectivity index is 0.00000484. The van der Waals surface area contributed by atoms with E-state index < -0.39 is 0 Å². The number of hydrogen-bond donors (Lipinski definition) is 2. The molecule has 1 atom stereocenters. The van der Waals surface area contributed by atoms with E-state index in [0.29, 0.717) is 5.92 Å². The van der Waals surface area contributed by atoms with Crippen molar-refractivity contribution in [3.05, 3.63) is 35.4 Å². The van der Waals surface area contributed by atoms with Crippen molar-refractivity contribution < 1.29 is 0 Å².